The van der Waals surface area contributed by atoms with Gasteiger partial charge in [0, 0.05) is 30.4 Å². The number of nitrogens with zero attached hydrogens (tertiary/aromatic N) is 3. The molecule has 0 radical (unpaired) electrons. The standard InChI is InChI=1S/C15H24N4/c1-11-5-4-8-19(14(11)9-16)15-12-6-2-3-7-13(12)17-10-18-15/h10-11,14H,2-9,16H2,1H3. The molecule has 3 rings (SSSR count). The fraction of sp³-hybridized carbons (Fsp3) is 0.733. The van der Waals surface area contributed by atoms with Gasteiger partial charge in [-0.15, -0.1) is 0 Å². The van der Waals surface area contributed by atoms with E-state index in [0.717, 1.165) is 25.9 Å². The molecular formula is C15H24N4. The summed E-state index contributed by atoms with van der Waals surface area (Å²) < 4.78 is 0. The summed E-state index contributed by atoms with van der Waals surface area (Å²) in [5, 5.41) is 0. The van der Waals surface area contributed by atoms with E-state index in [9.17, 15) is 0 Å². The van der Waals surface area contributed by atoms with Gasteiger partial charge in [-0.25, -0.2) is 9.97 Å². The Hall–Kier alpha value is -1.16. The fourth-order valence-electron chi connectivity index (χ4n) is 3.62. The Bertz CT molecular complexity index is 446. The molecule has 0 bridgehead atoms. The molecular weight excluding hydrogens is 236 g/mol. The predicted octanol–water partition coefficient (Wildman–Crippen LogP) is 1.92. The van der Waals surface area contributed by atoms with E-state index in [1.165, 1.54) is 42.8 Å². The van der Waals surface area contributed by atoms with Gasteiger partial charge in [0.1, 0.15) is 12.1 Å². The van der Waals surface area contributed by atoms with Gasteiger partial charge in [0.05, 0.1) is 0 Å². The number of rotatable bonds is 2. The van der Waals surface area contributed by atoms with E-state index in [4.69, 9.17) is 5.73 Å². The zero-order valence-electron chi connectivity index (χ0n) is 11.8. The summed E-state index contributed by atoms with van der Waals surface area (Å²) in [6.07, 6.45) is 9.05. The van der Waals surface area contributed by atoms with Crippen LogP contribution in [-0.4, -0.2) is 29.1 Å². The molecule has 1 aliphatic carbocycles. The van der Waals surface area contributed by atoms with Gasteiger partial charge in [0.2, 0.25) is 0 Å². The maximum absolute atomic E-state index is 6.01. The highest BCUT2D eigenvalue weighted by atomic mass is 15.2. The van der Waals surface area contributed by atoms with Crippen LogP contribution in [0.3, 0.4) is 0 Å². The maximum atomic E-state index is 6.01. The lowest BCUT2D eigenvalue weighted by atomic mass is 9.89. The number of aromatic nitrogens is 2. The van der Waals surface area contributed by atoms with E-state index in [1.54, 1.807) is 6.33 Å². The average Bonchev–Trinajstić information content (AvgIpc) is 2.46. The zero-order chi connectivity index (χ0) is 13.2. The Morgan fingerprint density at radius 1 is 1.26 bits per heavy atom. The second kappa shape index (κ2) is 5.45. The number of fused-ring (bicyclic) bond motifs is 1. The third kappa shape index (κ3) is 2.34. The van der Waals surface area contributed by atoms with Crippen LogP contribution in [0.15, 0.2) is 6.33 Å². The van der Waals surface area contributed by atoms with Crippen molar-refractivity contribution in [3.05, 3.63) is 17.6 Å². The number of anilines is 1. The minimum atomic E-state index is 0.440. The van der Waals surface area contributed by atoms with Gasteiger partial charge in [0.25, 0.3) is 0 Å². The molecule has 0 spiro atoms. The first kappa shape index (κ1) is 12.9. The molecule has 104 valence electrons. The van der Waals surface area contributed by atoms with E-state index >= 15 is 0 Å². The van der Waals surface area contributed by atoms with Gasteiger partial charge in [-0.05, 0) is 44.4 Å². The Morgan fingerprint density at radius 2 is 2.11 bits per heavy atom. The second-order valence-electron chi connectivity index (χ2n) is 5.95. The van der Waals surface area contributed by atoms with Crippen molar-refractivity contribution in [2.24, 2.45) is 11.7 Å². The molecule has 4 nitrogen and oxygen atoms in total. The van der Waals surface area contributed by atoms with E-state index in [2.05, 4.69) is 21.8 Å². The van der Waals surface area contributed by atoms with Crippen LogP contribution in [0, 0.1) is 5.92 Å². The second-order valence-corrected chi connectivity index (χ2v) is 5.95. The van der Waals surface area contributed by atoms with E-state index in [1.807, 2.05) is 0 Å². The van der Waals surface area contributed by atoms with Crippen molar-refractivity contribution in [1.82, 2.24) is 9.97 Å². The molecule has 2 unspecified atom stereocenters. The number of hydrogen-bond acceptors (Lipinski definition) is 4. The highest BCUT2D eigenvalue weighted by molar-refractivity contribution is 5.51. The lowest BCUT2D eigenvalue weighted by Crippen LogP contribution is -2.49. The summed E-state index contributed by atoms with van der Waals surface area (Å²) in [4.78, 5) is 11.5. The van der Waals surface area contributed by atoms with Crippen molar-refractivity contribution >= 4 is 5.82 Å². The van der Waals surface area contributed by atoms with E-state index < -0.39 is 0 Å². The molecule has 1 saturated heterocycles. The van der Waals surface area contributed by atoms with Gasteiger partial charge >= 0.3 is 0 Å². The maximum Gasteiger partial charge on any atom is 0.135 e. The summed E-state index contributed by atoms with van der Waals surface area (Å²) in [6.45, 7) is 4.13. The average molecular weight is 260 g/mol. The smallest absolute Gasteiger partial charge is 0.135 e. The molecule has 0 saturated carbocycles. The topological polar surface area (TPSA) is 55.0 Å². The molecule has 2 atom stereocenters. The molecule has 4 heteroatoms. The minimum Gasteiger partial charge on any atom is -0.352 e. The molecule has 1 aromatic heterocycles. The number of hydrogen-bond donors (Lipinski definition) is 1. The summed E-state index contributed by atoms with van der Waals surface area (Å²) in [7, 11) is 0. The molecule has 1 aromatic rings. The first-order chi connectivity index (χ1) is 9.31. The van der Waals surface area contributed by atoms with E-state index in [-0.39, 0.29) is 0 Å². The lowest BCUT2D eigenvalue weighted by Gasteiger charge is -2.41. The highest BCUT2D eigenvalue weighted by Gasteiger charge is 2.30. The highest BCUT2D eigenvalue weighted by Crippen LogP contribution is 2.32. The van der Waals surface area contributed by atoms with Crippen LogP contribution >= 0.6 is 0 Å². The van der Waals surface area contributed by atoms with Crippen LogP contribution in [0.5, 0.6) is 0 Å². The van der Waals surface area contributed by atoms with Crippen molar-refractivity contribution in [3.63, 3.8) is 0 Å². The summed E-state index contributed by atoms with van der Waals surface area (Å²) in [5.41, 5.74) is 8.67. The van der Waals surface area contributed by atoms with Gasteiger partial charge in [-0.1, -0.05) is 6.92 Å². The van der Waals surface area contributed by atoms with Gasteiger partial charge in [0.15, 0.2) is 0 Å². The summed E-state index contributed by atoms with van der Waals surface area (Å²) >= 11 is 0. The summed E-state index contributed by atoms with van der Waals surface area (Å²) in [5.74, 6) is 1.83. The van der Waals surface area contributed by atoms with Crippen molar-refractivity contribution in [2.45, 2.75) is 51.5 Å². The first-order valence-corrected chi connectivity index (χ1v) is 7.60. The SMILES string of the molecule is CC1CCCN(c2ncnc3c2CCCC3)C1CN. The number of aryl methyl sites for hydroxylation is 1. The Balaban J connectivity index is 1.96. The minimum absolute atomic E-state index is 0.440. The Labute approximate surface area is 115 Å². The Kier molecular flexibility index (Phi) is 3.69. The normalized spacial score (nSPS) is 27.2. The predicted molar refractivity (Wildman–Crippen MR) is 77.3 cm³/mol. The number of nitrogens with two attached hydrogens (primary N) is 1. The largest absolute Gasteiger partial charge is 0.352 e. The monoisotopic (exact) mass is 260 g/mol. The van der Waals surface area contributed by atoms with Crippen LogP contribution in [-0.2, 0) is 12.8 Å². The van der Waals surface area contributed by atoms with Crippen LogP contribution < -0.4 is 10.6 Å². The van der Waals surface area contributed by atoms with Crippen LogP contribution in [0.25, 0.3) is 0 Å². The van der Waals surface area contributed by atoms with Gasteiger partial charge in [-0.3, -0.25) is 0 Å². The number of piperidine rings is 1. The van der Waals surface area contributed by atoms with Crippen LogP contribution in [0.1, 0.15) is 43.9 Å². The molecule has 1 aliphatic heterocycles. The zero-order valence-corrected chi connectivity index (χ0v) is 11.8. The van der Waals surface area contributed by atoms with E-state index in [0.29, 0.717) is 12.0 Å². The van der Waals surface area contributed by atoms with Crippen LogP contribution in [0.2, 0.25) is 0 Å². The Morgan fingerprint density at radius 3 is 2.95 bits per heavy atom. The van der Waals surface area contributed by atoms with Gasteiger partial charge in [-0.2, -0.15) is 0 Å². The molecule has 2 N–H and O–H groups in total. The fourth-order valence-corrected chi connectivity index (χ4v) is 3.62. The third-order valence-corrected chi connectivity index (χ3v) is 4.73. The van der Waals surface area contributed by atoms with Crippen molar-refractivity contribution in [3.8, 4) is 0 Å². The molecule has 0 amide bonds. The summed E-state index contributed by atoms with van der Waals surface area (Å²) in [6, 6.07) is 0.440. The quantitative estimate of drug-likeness (QED) is 0.882. The molecule has 0 aromatic carbocycles. The first-order valence-electron chi connectivity index (χ1n) is 7.60. The molecule has 2 aliphatic rings. The van der Waals surface area contributed by atoms with Crippen molar-refractivity contribution in [1.29, 1.82) is 0 Å². The van der Waals surface area contributed by atoms with Gasteiger partial charge < -0.3 is 10.6 Å². The molecule has 2 heterocycles. The molecule has 1 fully saturated rings. The van der Waals surface area contributed by atoms with Crippen LogP contribution in [0.4, 0.5) is 5.82 Å². The third-order valence-electron chi connectivity index (χ3n) is 4.73. The lowest BCUT2D eigenvalue weighted by molar-refractivity contribution is 0.347. The van der Waals surface area contributed by atoms with Crippen molar-refractivity contribution < 1.29 is 0 Å². The van der Waals surface area contributed by atoms with Crippen molar-refractivity contribution in [2.75, 3.05) is 18.0 Å². The molecule has 19 heavy (non-hydrogen) atoms.